The fraction of sp³-hybridized carbons (Fsp3) is 0.417. The van der Waals surface area contributed by atoms with Crippen molar-refractivity contribution < 1.29 is 0 Å². The van der Waals surface area contributed by atoms with E-state index in [1.807, 2.05) is 17.8 Å². The molecule has 0 saturated heterocycles. The molecule has 0 radical (unpaired) electrons. The zero-order valence-corrected chi connectivity index (χ0v) is 10.5. The summed E-state index contributed by atoms with van der Waals surface area (Å²) in [6, 6.07) is 6.36. The number of aryl methyl sites for hydroxylation is 2. The highest BCUT2D eigenvalue weighted by Crippen LogP contribution is 2.20. The van der Waals surface area contributed by atoms with E-state index in [-0.39, 0.29) is 6.04 Å². The summed E-state index contributed by atoms with van der Waals surface area (Å²) in [6.45, 7) is 2.12. The van der Waals surface area contributed by atoms with Crippen LogP contribution in [0.5, 0.6) is 0 Å². The second kappa shape index (κ2) is 4.80. The Balaban J connectivity index is 2.11. The Bertz CT molecular complexity index is 445. The van der Waals surface area contributed by atoms with Crippen molar-refractivity contribution in [1.29, 1.82) is 0 Å². The van der Waals surface area contributed by atoms with Crippen LogP contribution in [-0.4, -0.2) is 9.78 Å². The molecule has 4 heteroatoms. The number of aromatic nitrogens is 2. The summed E-state index contributed by atoms with van der Waals surface area (Å²) < 4.78 is 1.94. The fourth-order valence-corrected chi connectivity index (χ4v) is 2.49. The second-order valence-corrected chi connectivity index (χ2v) is 4.91. The van der Waals surface area contributed by atoms with Crippen molar-refractivity contribution in [2.45, 2.75) is 25.8 Å². The van der Waals surface area contributed by atoms with E-state index in [0.717, 1.165) is 18.5 Å². The Morgan fingerprint density at radius 2 is 2.38 bits per heavy atom. The van der Waals surface area contributed by atoms with Crippen molar-refractivity contribution in [3.63, 3.8) is 0 Å². The number of hydrogen-bond donors (Lipinski definition) is 1. The van der Waals surface area contributed by atoms with Gasteiger partial charge in [-0.3, -0.25) is 4.68 Å². The van der Waals surface area contributed by atoms with Crippen LogP contribution in [0.4, 0.5) is 0 Å². The largest absolute Gasteiger partial charge is 0.323 e. The lowest BCUT2D eigenvalue weighted by Gasteiger charge is -2.09. The average molecular weight is 235 g/mol. The van der Waals surface area contributed by atoms with E-state index < -0.39 is 0 Å². The first kappa shape index (κ1) is 11.4. The molecule has 2 N–H and O–H groups in total. The molecule has 2 aromatic rings. The van der Waals surface area contributed by atoms with Gasteiger partial charge in [-0.05, 0) is 23.9 Å². The lowest BCUT2D eigenvalue weighted by molar-refractivity contribution is 0.644. The van der Waals surface area contributed by atoms with Crippen molar-refractivity contribution in [2.24, 2.45) is 12.8 Å². The summed E-state index contributed by atoms with van der Waals surface area (Å²) in [4.78, 5) is 1.24. The normalized spacial score (nSPS) is 12.9. The van der Waals surface area contributed by atoms with Gasteiger partial charge in [0.15, 0.2) is 0 Å². The monoisotopic (exact) mass is 235 g/mol. The minimum Gasteiger partial charge on any atom is -0.323 e. The van der Waals surface area contributed by atoms with Crippen LogP contribution in [-0.2, 0) is 19.9 Å². The number of nitrogens with two attached hydrogens (primary N) is 1. The van der Waals surface area contributed by atoms with Crippen LogP contribution >= 0.6 is 11.3 Å². The highest BCUT2D eigenvalue weighted by atomic mass is 32.1. The average Bonchev–Trinajstić information content (AvgIpc) is 2.88. The van der Waals surface area contributed by atoms with Crippen molar-refractivity contribution in [3.05, 3.63) is 39.8 Å². The molecule has 1 unspecified atom stereocenters. The van der Waals surface area contributed by atoms with Gasteiger partial charge in [0.25, 0.3) is 0 Å². The molecule has 0 spiro atoms. The lowest BCUT2D eigenvalue weighted by Crippen LogP contribution is -2.14. The predicted molar refractivity (Wildman–Crippen MR) is 67.5 cm³/mol. The van der Waals surface area contributed by atoms with Crippen LogP contribution < -0.4 is 5.73 Å². The molecule has 0 aliphatic carbocycles. The molecule has 0 bridgehead atoms. The third-order valence-electron chi connectivity index (χ3n) is 2.73. The molecular weight excluding hydrogens is 218 g/mol. The Morgan fingerprint density at radius 3 is 2.94 bits per heavy atom. The molecule has 86 valence electrons. The van der Waals surface area contributed by atoms with Crippen molar-refractivity contribution >= 4 is 11.3 Å². The Hall–Kier alpha value is -1.13. The number of nitrogens with zero attached hydrogens (tertiary/aromatic N) is 2. The summed E-state index contributed by atoms with van der Waals surface area (Å²) >= 11 is 1.71. The molecule has 0 saturated carbocycles. The summed E-state index contributed by atoms with van der Waals surface area (Å²) in [5.41, 5.74) is 8.50. The molecule has 16 heavy (non-hydrogen) atoms. The topological polar surface area (TPSA) is 43.8 Å². The minimum absolute atomic E-state index is 0.0834. The maximum Gasteiger partial charge on any atom is 0.0624 e. The van der Waals surface area contributed by atoms with Crippen LogP contribution in [0.25, 0.3) is 0 Å². The van der Waals surface area contributed by atoms with Crippen molar-refractivity contribution in [2.75, 3.05) is 0 Å². The summed E-state index contributed by atoms with van der Waals surface area (Å²) in [5, 5.41) is 6.49. The van der Waals surface area contributed by atoms with Gasteiger partial charge < -0.3 is 5.73 Å². The van der Waals surface area contributed by atoms with Crippen molar-refractivity contribution in [3.8, 4) is 0 Å². The Labute approximate surface area is 99.9 Å². The van der Waals surface area contributed by atoms with E-state index in [1.165, 1.54) is 10.6 Å². The highest BCUT2D eigenvalue weighted by molar-refractivity contribution is 7.10. The number of hydrogen-bond acceptors (Lipinski definition) is 3. The van der Waals surface area contributed by atoms with E-state index in [1.54, 1.807) is 11.3 Å². The maximum absolute atomic E-state index is 6.16. The van der Waals surface area contributed by atoms with Gasteiger partial charge in [-0.15, -0.1) is 11.3 Å². The van der Waals surface area contributed by atoms with Gasteiger partial charge in [0.05, 0.1) is 5.69 Å². The first-order valence-corrected chi connectivity index (χ1v) is 6.39. The third-order valence-corrected chi connectivity index (χ3v) is 3.73. The van der Waals surface area contributed by atoms with E-state index in [0.29, 0.717) is 0 Å². The molecule has 0 fully saturated rings. The first-order chi connectivity index (χ1) is 7.70. The Morgan fingerprint density at radius 1 is 1.56 bits per heavy atom. The summed E-state index contributed by atoms with van der Waals surface area (Å²) in [7, 11) is 1.98. The molecule has 2 aromatic heterocycles. The predicted octanol–water partition coefficient (Wildman–Crippen LogP) is 2.29. The third kappa shape index (κ3) is 2.33. The van der Waals surface area contributed by atoms with Gasteiger partial charge in [-0.2, -0.15) is 5.10 Å². The molecule has 0 amide bonds. The smallest absolute Gasteiger partial charge is 0.0624 e. The minimum atomic E-state index is 0.0834. The molecule has 2 heterocycles. The van der Waals surface area contributed by atoms with E-state index in [2.05, 4.69) is 29.5 Å². The summed E-state index contributed by atoms with van der Waals surface area (Å²) in [6.07, 6.45) is 1.83. The quantitative estimate of drug-likeness (QED) is 0.883. The Kier molecular flexibility index (Phi) is 3.41. The highest BCUT2D eigenvalue weighted by Gasteiger charge is 2.11. The standard InChI is InChI=1S/C12H17N3S/c1-3-9-7-10(15(2)14-9)8-11(13)12-5-4-6-16-12/h4-7,11H,3,8,13H2,1-2H3. The fourth-order valence-electron chi connectivity index (χ4n) is 1.76. The zero-order chi connectivity index (χ0) is 11.5. The molecule has 2 rings (SSSR count). The number of rotatable bonds is 4. The molecule has 1 atom stereocenters. The van der Waals surface area contributed by atoms with Gasteiger partial charge in [0.1, 0.15) is 0 Å². The van der Waals surface area contributed by atoms with Gasteiger partial charge in [0.2, 0.25) is 0 Å². The number of thiophene rings is 1. The zero-order valence-electron chi connectivity index (χ0n) is 9.68. The molecular formula is C12H17N3S. The first-order valence-electron chi connectivity index (χ1n) is 5.51. The van der Waals surface area contributed by atoms with Crippen LogP contribution in [0.3, 0.4) is 0 Å². The van der Waals surface area contributed by atoms with Crippen molar-refractivity contribution in [1.82, 2.24) is 9.78 Å². The maximum atomic E-state index is 6.16. The van der Waals surface area contributed by atoms with Crippen LogP contribution in [0.2, 0.25) is 0 Å². The van der Waals surface area contributed by atoms with Gasteiger partial charge in [-0.1, -0.05) is 13.0 Å². The van der Waals surface area contributed by atoms with E-state index >= 15 is 0 Å². The lowest BCUT2D eigenvalue weighted by atomic mass is 10.1. The van der Waals surface area contributed by atoms with E-state index in [4.69, 9.17) is 5.73 Å². The second-order valence-electron chi connectivity index (χ2n) is 3.93. The molecule has 0 aliphatic heterocycles. The van der Waals surface area contributed by atoms with E-state index in [9.17, 15) is 0 Å². The van der Waals surface area contributed by atoms with Gasteiger partial charge in [-0.25, -0.2) is 0 Å². The molecule has 3 nitrogen and oxygen atoms in total. The molecule has 0 aromatic carbocycles. The SMILES string of the molecule is CCc1cc(CC(N)c2cccs2)n(C)n1. The van der Waals surface area contributed by atoms with Crippen LogP contribution in [0.1, 0.15) is 29.2 Å². The van der Waals surface area contributed by atoms with Gasteiger partial charge >= 0.3 is 0 Å². The van der Waals surface area contributed by atoms with Gasteiger partial charge in [0, 0.05) is 30.1 Å². The molecule has 0 aliphatic rings. The van der Waals surface area contributed by atoms with Crippen LogP contribution in [0, 0.1) is 0 Å². The summed E-state index contributed by atoms with van der Waals surface area (Å²) in [5.74, 6) is 0. The van der Waals surface area contributed by atoms with Crippen LogP contribution in [0.15, 0.2) is 23.6 Å².